The molecule has 0 aromatic carbocycles. The zero-order valence-electron chi connectivity index (χ0n) is 9.62. The van der Waals surface area contributed by atoms with Crippen LogP contribution in [0, 0.1) is 11.3 Å². The van der Waals surface area contributed by atoms with Crippen LogP contribution in [0.3, 0.4) is 0 Å². The first-order chi connectivity index (χ1) is 7.21. The molecule has 4 heteroatoms. The first-order valence-corrected chi connectivity index (χ1v) is 5.57. The Balaban J connectivity index is 2.61. The predicted octanol–water partition coefficient (Wildman–Crippen LogP) is 0.941. The molecule has 0 amide bonds. The minimum atomic E-state index is -0.496. The third-order valence-electron chi connectivity index (χ3n) is 3.21. The van der Waals surface area contributed by atoms with Crippen molar-refractivity contribution in [2.75, 3.05) is 26.9 Å². The van der Waals surface area contributed by atoms with Gasteiger partial charge in [0.2, 0.25) is 0 Å². The highest BCUT2D eigenvalue weighted by Crippen LogP contribution is 2.48. The molecular formula is C11H21NO3. The summed E-state index contributed by atoms with van der Waals surface area (Å²) in [6.07, 6.45) is 2.84. The summed E-state index contributed by atoms with van der Waals surface area (Å²) >= 11 is 0. The fraction of sp³-hybridized carbons (Fsp3) is 0.909. The largest absolute Gasteiger partial charge is 0.469 e. The molecule has 1 atom stereocenters. The second-order valence-electron chi connectivity index (χ2n) is 4.07. The lowest BCUT2D eigenvalue weighted by molar-refractivity contribution is -0.155. The standard InChI is InChI=1S/C11H21NO3/c1-3-15-7-6-11(8-12,9-4-5-9)10(13)14-2/h9H,3-8,12H2,1-2H3. The maximum absolute atomic E-state index is 11.8. The highest BCUT2D eigenvalue weighted by atomic mass is 16.5. The Bertz CT molecular complexity index is 216. The topological polar surface area (TPSA) is 61.5 Å². The number of carbonyl (C=O) groups excluding carboxylic acids is 1. The number of hydrogen-bond donors (Lipinski definition) is 1. The minimum absolute atomic E-state index is 0.174. The van der Waals surface area contributed by atoms with E-state index < -0.39 is 5.41 Å². The molecule has 0 aromatic rings. The average molecular weight is 215 g/mol. The van der Waals surface area contributed by atoms with Crippen molar-refractivity contribution in [3.05, 3.63) is 0 Å². The second kappa shape index (κ2) is 5.47. The van der Waals surface area contributed by atoms with Crippen LogP contribution in [0.1, 0.15) is 26.2 Å². The Morgan fingerprint density at radius 2 is 2.20 bits per heavy atom. The molecular weight excluding hydrogens is 194 g/mol. The number of hydrogen-bond acceptors (Lipinski definition) is 4. The van der Waals surface area contributed by atoms with Crippen molar-refractivity contribution >= 4 is 5.97 Å². The molecule has 1 aliphatic carbocycles. The van der Waals surface area contributed by atoms with Crippen LogP contribution in [-0.2, 0) is 14.3 Å². The molecule has 0 radical (unpaired) electrons. The summed E-state index contributed by atoms with van der Waals surface area (Å²) in [7, 11) is 1.43. The third kappa shape index (κ3) is 2.69. The Labute approximate surface area is 91.1 Å². The van der Waals surface area contributed by atoms with E-state index in [1.165, 1.54) is 7.11 Å². The Morgan fingerprint density at radius 1 is 1.53 bits per heavy atom. The van der Waals surface area contributed by atoms with E-state index >= 15 is 0 Å². The lowest BCUT2D eigenvalue weighted by Gasteiger charge is -2.29. The van der Waals surface area contributed by atoms with Gasteiger partial charge < -0.3 is 15.2 Å². The molecule has 1 fully saturated rings. The van der Waals surface area contributed by atoms with Gasteiger partial charge >= 0.3 is 5.97 Å². The van der Waals surface area contributed by atoms with Crippen LogP contribution in [0.5, 0.6) is 0 Å². The van der Waals surface area contributed by atoms with Gasteiger partial charge in [-0.25, -0.2) is 0 Å². The third-order valence-corrected chi connectivity index (χ3v) is 3.21. The van der Waals surface area contributed by atoms with Gasteiger partial charge in [-0.15, -0.1) is 0 Å². The molecule has 1 unspecified atom stereocenters. The van der Waals surface area contributed by atoms with Crippen molar-refractivity contribution in [3.63, 3.8) is 0 Å². The highest BCUT2D eigenvalue weighted by Gasteiger charge is 2.50. The number of ether oxygens (including phenoxy) is 2. The molecule has 0 bridgehead atoms. The molecule has 4 nitrogen and oxygen atoms in total. The van der Waals surface area contributed by atoms with Crippen molar-refractivity contribution in [1.82, 2.24) is 0 Å². The summed E-state index contributed by atoms with van der Waals surface area (Å²) in [5.74, 6) is 0.225. The number of esters is 1. The fourth-order valence-electron chi connectivity index (χ4n) is 2.06. The first kappa shape index (κ1) is 12.5. The summed E-state index contributed by atoms with van der Waals surface area (Å²) in [6.45, 7) is 3.56. The fourth-order valence-corrected chi connectivity index (χ4v) is 2.06. The molecule has 1 aliphatic rings. The summed E-state index contributed by atoms with van der Waals surface area (Å²) in [4.78, 5) is 11.8. The quantitative estimate of drug-likeness (QED) is 0.507. The van der Waals surface area contributed by atoms with Crippen molar-refractivity contribution in [2.45, 2.75) is 26.2 Å². The lowest BCUT2D eigenvalue weighted by Crippen LogP contribution is -2.42. The monoisotopic (exact) mass is 215 g/mol. The Hall–Kier alpha value is -0.610. The van der Waals surface area contributed by atoms with E-state index in [0.29, 0.717) is 32.1 Å². The molecule has 88 valence electrons. The van der Waals surface area contributed by atoms with Crippen molar-refractivity contribution in [1.29, 1.82) is 0 Å². The van der Waals surface area contributed by atoms with Gasteiger partial charge in [0, 0.05) is 19.8 Å². The lowest BCUT2D eigenvalue weighted by atomic mass is 9.79. The molecule has 0 aromatic heterocycles. The zero-order chi connectivity index (χ0) is 11.3. The summed E-state index contributed by atoms with van der Waals surface area (Å²) < 4.78 is 10.2. The average Bonchev–Trinajstić information content (AvgIpc) is 3.08. The van der Waals surface area contributed by atoms with Crippen LogP contribution in [-0.4, -0.2) is 32.8 Å². The van der Waals surface area contributed by atoms with E-state index in [4.69, 9.17) is 15.2 Å². The number of carbonyl (C=O) groups is 1. The van der Waals surface area contributed by atoms with Crippen LogP contribution in [0.25, 0.3) is 0 Å². The van der Waals surface area contributed by atoms with Crippen LogP contribution in [0.4, 0.5) is 0 Å². The Morgan fingerprint density at radius 3 is 2.60 bits per heavy atom. The van der Waals surface area contributed by atoms with Gasteiger partial charge in [-0.1, -0.05) is 0 Å². The Kier molecular flexibility index (Phi) is 4.54. The van der Waals surface area contributed by atoms with E-state index in [2.05, 4.69) is 0 Å². The van der Waals surface area contributed by atoms with Crippen LogP contribution >= 0.6 is 0 Å². The van der Waals surface area contributed by atoms with Crippen LogP contribution < -0.4 is 5.73 Å². The molecule has 0 heterocycles. The zero-order valence-corrected chi connectivity index (χ0v) is 9.62. The van der Waals surface area contributed by atoms with E-state index in [-0.39, 0.29) is 5.97 Å². The molecule has 2 N–H and O–H groups in total. The molecule has 15 heavy (non-hydrogen) atoms. The smallest absolute Gasteiger partial charge is 0.313 e. The number of rotatable bonds is 7. The molecule has 0 aliphatic heterocycles. The SMILES string of the molecule is CCOCCC(CN)(C(=O)OC)C1CC1. The maximum atomic E-state index is 11.8. The number of methoxy groups -OCH3 is 1. The number of nitrogens with two attached hydrogens (primary N) is 1. The maximum Gasteiger partial charge on any atom is 0.313 e. The molecule has 0 spiro atoms. The van der Waals surface area contributed by atoms with Crippen molar-refractivity contribution in [3.8, 4) is 0 Å². The summed E-state index contributed by atoms with van der Waals surface area (Å²) in [5.41, 5.74) is 5.25. The van der Waals surface area contributed by atoms with E-state index in [0.717, 1.165) is 12.8 Å². The van der Waals surface area contributed by atoms with Gasteiger partial charge in [0.05, 0.1) is 12.5 Å². The van der Waals surface area contributed by atoms with E-state index in [1.54, 1.807) is 0 Å². The van der Waals surface area contributed by atoms with Gasteiger partial charge in [0.15, 0.2) is 0 Å². The normalized spacial score (nSPS) is 19.7. The summed E-state index contributed by atoms with van der Waals surface area (Å²) in [5, 5.41) is 0. The van der Waals surface area contributed by atoms with Gasteiger partial charge in [0.25, 0.3) is 0 Å². The molecule has 1 rings (SSSR count). The van der Waals surface area contributed by atoms with E-state index in [1.807, 2.05) is 6.92 Å². The van der Waals surface area contributed by atoms with Crippen LogP contribution in [0.15, 0.2) is 0 Å². The minimum Gasteiger partial charge on any atom is -0.469 e. The molecule has 1 saturated carbocycles. The highest BCUT2D eigenvalue weighted by molar-refractivity contribution is 5.78. The predicted molar refractivity (Wildman–Crippen MR) is 57.3 cm³/mol. The van der Waals surface area contributed by atoms with E-state index in [9.17, 15) is 4.79 Å². The summed E-state index contributed by atoms with van der Waals surface area (Å²) in [6, 6.07) is 0. The molecule has 0 saturated heterocycles. The van der Waals surface area contributed by atoms with Gasteiger partial charge in [-0.3, -0.25) is 4.79 Å². The second-order valence-corrected chi connectivity index (χ2v) is 4.07. The van der Waals surface area contributed by atoms with Crippen LogP contribution in [0.2, 0.25) is 0 Å². The first-order valence-electron chi connectivity index (χ1n) is 5.57. The van der Waals surface area contributed by atoms with Gasteiger partial charge in [-0.2, -0.15) is 0 Å². The van der Waals surface area contributed by atoms with Gasteiger partial charge in [0.1, 0.15) is 0 Å². The van der Waals surface area contributed by atoms with Gasteiger partial charge in [-0.05, 0) is 32.1 Å². The van der Waals surface area contributed by atoms with Crippen molar-refractivity contribution in [2.24, 2.45) is 17.1 Å². The van der Waals surface area contributed by atoms with Crippen molar-refractivity contribution < 1.29 is 14.3 Å².